The van der Waals surface area contributed by atoms with Gasteiger partial charge < -0.3 is 14.2 Å². The van der Waals surface area contributed by atoms with Crippen molar-refractivity contribution >= 4 is 17.0 Å². The Labute approximate surface area is 145 Å². The van der Waals surface area contributed by atoms with Crippen molar-refractivity contribution in [1.29, 1.82) is 0 Å². The van der Waals surface area contributed by atoms with E-state index >= 15 is 0 Å². The third-order valence-corrected chi connectivity index (χ3v) is 4.63. The number of hydrogen-bond donors (Lipinski definition) is 0. The molecule has 1 aliphatic rings. The van der Waals surface area contributed by atoms with Gasteiger partial charge in [-0.05, 0) is 31.7 Å². The normalized spacial score (nSPS) is 15.7. The summed E-state index contributed by atoms with van der Waals surface area (Å²) < 4.78 is 7.70. The first-order chi connectivity index (χ1) is 12.2. The van der Waals surface area contributed by atoms with Crippen molar-refractivity contribution in [1.82, 2.24) is 29.7 Å². The monoisotopic (exact) mass is 339 g/mol. The molecule has 4 rings (SSSR count). The van der Waals surface area contributed by atoms with Crippen LogP contribution in [0.5, 0.6) is 5.88 Å². The lowest BCUT2D eigenvalue weighted by Crippen LogP contribution is -2.36. The summed E-state index contributed by atoms with van der Waals surface area (Å²) in [5, 5.41) is 8.07. The Balaban J connectivity index is 1.37. The van der Waals surface area contributed by atoms with E-state index in [1.54, 1.807) is 12.7 Å². The fourth-order valence-electron chi connectivity index (χ4n) is 3.14. The Bertz CT molecular complexity index is 853. The first-order valence-electron chi connectivity index (χ1n) is 8.51. The number of aromatic nitrogens is 6. The maximum Gasteiger partial charge on any atom is 0.233 e. The van der Waals surface area contributed by atoms with Gasteiger partial charge in [0.25, 0.3) is 0 Å². The molecule has 1 fully saturated rings. The fraction of sp³-hybridized carbons (Fsp3) is 0.471. The number of imidazole rings is 1. The van der Waals surface area contributed by atoms with Crippen molar-refractivity contribution in [2.45, 2.75) is 19.8 Å². The minimum absolute atomic E-state index is 0.514. The first kappa shape index (κ1) is 15.7. The second-order valence-electron chi connectivity index (χ2n) is 6.48. The van der Waals surface area contributed by atoms with Crippen molar-refractivity contribution in [2.75, 3.05) is 24.6 Å². The van der Waals surface area contributed by atoms with E-state index < -0.39 is 0 Å². The van der Waals surface area contributed by atoms with Crippen molar-refractivity contribution in [3.8, 4) is 5.88 Å². The highest BCUT2D eigenvalue weighted by molar-refractivity contribution is 5.83. The average Bonchev–Trinajstić information content (AvgIpc) is 3.03. The van der Waals surface area contributed by atoms with E-state index in [-0.39, 0.29) is 0 Å². The van der Waals surface area contributed by atoms with Gasteiger partial charge in [0.1, 0.15) is 6.33 Å². The first-order valence-corrected chi connectivity index (χ1v) is 8.51. The van der Waals surface area contributed by atoms with Crippen LogP contribution in [0.1, 0.15) is 18.5 Å². The van der Waals surface area contributed by atoms with E-state index in [2.05, 4.69) is 30.0 Å². The largest absolute Gasteiger partial charge is 0.476 e. The van der Waals surface area contributed by atoms with Gasteiger partial charge in [0, 0.05) is 26.2 Å². The molecule has 4 heterocycles. The molecule has 25 heavy (non-hydrogen) atoms. The second-order valence-corrected chi connectivity index (χ2v) is 6.48. The van der Waals surface area contributed by atoms with Gasteiger partial charge in [-0.2, -0.15) is 5.10 Å². The molecule has 0 aliphatic carbocycles. The molecule has 0 radical (unpaired) electrons. The van der Waals surface area contributed by atoms with Crippen LogP contribution in [0.2, 0.25) is 0 Å². The number of aryl methyl sites for hydroxylation is 2. The molecule has 0 spiro atoms. The number of hydrogen-bond acceptors (Lipinski definition) is 7. The molecule has 3 aromatic rings. The van der Waals surface area contributed by atoms with E-state index in [9.17, 15) is 0 Å². The Kier molecular flexibility index (Phi) is 4.17. The SMILES string of the molecule is Cc1ccc(OCC2CCN(c3ncnc4c3ncn4C)CC2)nn1. The molecule has 3 aromatic heterocycles. The van der Waals surface area contributed by atoms with Gasteiger partial charge in [-0.25, -0.2) is 15.0 Å². The van der Waals surface area contributed by atoms with E-state index in [0.717, 1.165) is 48.6 Å². The predicted octanol–water partition coefficient (Wildman–Crippen LogP) is 1.76. The lowest BCUT2D eigenvalue weighted by molar-refractivity contribution is 0.214. The molecular formula is C17H21N7O. The fourth-order valence-corrected chi connectivity index (χ4v) is 3.14. The molecule has 0 aromatic carbocycles. The molecule has 8 heteroatoms. The third-order valence-electron chi connectivity index (χ3n) is 4.63. The molecular weight excluding hydrogens is 318 g/mol. The van der Waals surface area contributed by atoms with Crippen LogP contribution in [0.15, 0.2) is 24.8 Å². The highest BCUT2D eigenvalue weighted by atomic mass is 16.5. The van der Waals surface area contributed by atoms with Crippen LogP contribution in [0.3, 0.4) is 0 Å². The van der Waals surface area contributed by atoms with Gasteiger partial charge in [-0.1, -0.05) is 0 Å². The van der Waals surface area contributed by atoms with Gasteiger partial charge in [0.15, 0.2) is 17.0 Å². The van der Waals surface area contributed by atoms with Crippen molar-refractivity contribution < 1.29 is 4.74 Å². The summed E-state index contributed by atoms with van der Waals surface area (Å²) in [6.07, 6.45) is 5.51. The van der Waals surface area contributed by atoms with E-state index in [4.69, 9.17) is 4.74 Å². The van der Waals surface area contributed by atoms with Crippen LogP contribution in [-0.2, 0) is 7.05 Å². The number of piperidine rings is 1. The van der Waals surface area contributed by atoms with Crippen LogP contribution in [-0.4, -0.2) is 49.4 Å². The van der Waals surface area contributed by atoms with E-state index in [1.807, 2.05) is 30.7 Å². The molecule has 0 atom stereocenters. The zero-order valence-corrected chi connectivity index (χ0v) is 14.5. The van der Waals surface area contributed by atoms with Gasteiger partial charge in [0.2, 0.25) is 5.88 Å². The summed E-state index contributed by atoms with van der Waals surface area (Å²) in [6, 6.07) is 3.79. The molecule has 0 amide bonds. The number of anilines is 1. The second kappa shape index (κ2) is 6.62. The Hall–Kier alpha value is -2.77. The maximum atomic E-state index is 5.78. The summed E-state index contributed by atoms with van der Waals surface area (Å²) in [5.41, 5.74) is 2.63. The average molecular weight is 339 g/mol. The smallest absolute Gasteiger partial charge is 0.233 e. The minimum atomic E-state index is 0.514. The van der Waals surface area contributed by atoms with Gasteiger partial charge >= 0.3 is 0 Å². The molecule has 0 saturated carbocycles. The molecule has 0 N–H and O–H groups in total. The Morgan fingerprint density at radius 3 is 2.72 bits per heavy atom. The van der Waals surface area contributed by atoms with Gasteiger partial charge in [-0.3, -0.25) is 0 Å². The van der Waals surface area contributed by atoms with Crippen LogP contribution in [0.4, 0.5) is 5.82 Å². The highest BCUT2D eigenvalue weighted by Gasteiger charge is 2.23. The molecule has 0 unspecified atom stereocenters. The number of fused-ring (bicyclic) bond motifs is 1. The number of ether oxygens (including phenoxy) is 1. The molecule has 130 valence electrons. The standard InChI is InChI=1S/C17H21N7O/c1-12-3-4-14(22-21-12)25-9-13-5-7-24(8-6-13)17-15-16(18-10-19-17)23(2)11-20-15/h3-4,10-11,13H,5-9H2,1-2H3. The summed E-state index contributed by atoms with van der Waals surface area (Å²) in [5.74, 6) is 2.04. The summed E-state index contributed by atoms with van der Waals surface area (Å²) in [4.78, 5) is 15.5. The van der Waals surface area contributed by atoms with Crippen LogP contribution >= 0.6 is 0 Å². The van der Waals surface area contributed by atoms with E-state index in [1.165, 1.54) is 0 Å². The topological polar surface area (TPSA) is 81.9 Å². The minimum Gasteiger partial charge on any atom is -0.476 e. The number of rotatable bonds is 4. The molecule has 1 aliphatic heterocycles. The quantitative estimate of drug-likeness (QED) is 0.716. The Morgan fingerprint density at radius 1 is 1.12 bits per heavy atom. The lowest BCUT2D eigenvalue weighted by atomic mass is 9.98. The number of nitrogens with zero attached hydrogens (tertiary/aromatic N) is 7. The molecule has 0 bridgehead atoms. The summed E-state index contributed by atoms with van der Waals surface area (Å²) in [7, 11) is 1.95. The Morgan fingerprint density at radius 2 is 1.96 bits per heavy atom. The summed E-state index contributed by atoms with van der Waals surface area (Å²) in [6.45, 7) is 4.47. The molecule has 8 nitrogen and oxygen atoms in total. The van der Waals surface area contributed by atoms with Crippen LogP contribution in [0, 0.1) is 12.8 Å². The van der Waals surface area contributed by atoms with Crippen molar-refractivity contribution in [3.05, 3.63) is 30.5 Å². The molecule has 1 saturated heterocycles. The zero-order chi connectivity index (χ0) is 17.2. The highest BCUT2D eigenvalue weighted by Crippen LogP contribution is 2.26. The van der Waals surface area contributed by atoms with Crippen LogP contribution < -0.4 is 9.64 Å². The zero-order valence-electron chi connectivity index (χ0n) is 14.5. The summed E-state index contributed by atoms with van der Waals surface area (Å²) >= 11 is 0. The maximum absolute atomic E-state index is 5.78. The van der Waals surface area contributed by atoms with Gasteiger partial charge in [0.05, 0.1) is 18.6 Å². The van der Waals surface area contributed by atoms with Crippen LogP contribution in [0.25, 0.3) is 11.2 Å². The van der Waals surface area contributed by atoms with Crippen molar-refractivity contribution in [3.63, 3.8) is 0 Å². The van der Waals surface area contributed by atoms with Crippen molar-refractivity contribution in [2.24, 2.45) is 13.0 Å². The third kappa shape index (κ3) is 3.24. The lowest BCUT2D eigenvalue weighted by Gasteiger charge is -2.32. The van der Waals surface area contributed by atoms with Gasteiger partial charge in [-0.15, -0.1) is 5.10 Å². The predicted molar refractivity (Wildman–Crippen MR) is 93.5 cm³/mol. The van der Waals surface area contributed by atoms with E-state index in [0.29, 0.717) is 18.4 Å².